The molecule has 0 aliphatic rings. The minimum absolute atomic E-state index is 0.0797. The van der Waals surface area contributed by atoms with Crippen LogP contribution in [-0.4, -0.2) is 19.0 Å². The SMILES string of the molecule is CCCCC(NCC(=O)NCC(C)C)c1ccccc1. The van der Waals surface area contributed by atoms with Gasteiger partial charge in [-0.3, -0.25) is 4.79 Å². The molecule has 1 aromatic carbocycles. The van der Waals surface area contributed by atoms with Crippen molar-refractivity contribution in [3.63, 3.8) is 0 Å². The molecule has 1 amide bonds. The van der Waals surface area contributed by atoms with Gasteiger partial charge >= 0.3 is 0 Å². The first-order valence-corrected chi connectivity index (χ1v) is 7.68. The van der Waals surface area contributed by atoms with E-state index in [2.05, 4.69) is 55.7 Å². The molecule has 1 rings (SSSR count). The molecule has 0 saturated carbocycles. The zero-order chi connectivity index (χ0) is 14.8. The largest absolute Gasteiger partial charge is 0.355 e. The van der Waals surface area contributed by atoms with Crippen molar-refractivity contribution in [2.24, 2.45) is 5.92 Å². The predicted molar refractivity (Wildman–Crippen MR) is 84.6 cm³/mol. The summed E-state index contributed by atoms with van der Waals surface area (Å²) in [6, 6.07) is 10.6. The third kappa shape index (κ3) is 6.71. The first-order valence-electron chi connectivity index (χ1n) is 7.68. The zero-order valence-electron chi connectivity index (χ0n) is 13.0. The molecule has 2 N–H and O–H groups in total. The van der Waals surface area contributed by atoms with Crippen LogP contribution in [0.1, 0.15) is 51.6 Å². The zero-order valence-corrected chi connectivity index (χ0v) is 13.0. The highest BCUT2D eigenvalue weighted by molar-refractivity contribution is 5.78. The van der Waals surface area contributed by atoms with Crippen molar-refractivity contribution in [2.45, 2.75) is 46.1 Å². The third-order valence-electron chi connectivity index (χ3n) is 3.26. The van der Waals surface area contributed by atoms with Crippen molar-refractivity contribution in [1.82, 2.24) is 10.6 Å². The average Bonchev–Trinajstić information content (AvgIpc) is 2.46. The molecule has 3 nitrogen and oxygen atoms in total. The lowest BCUT2D eigenvalue weighted by molar-refractivity contribution is -0.120. The van der Waals surface area contributed by atoms with Crippen LogP contribution < -0.4 is 10.6 Å². The van der Waals surface area contributed by atoms with Crippen LogP contribution in [0.4, 0.5) is 0 Å². The van der Waals surface area contributed by atoms with Gasteiger partial charge in [0, 0.05) is 12.6 Å². The van der Waals surface area contributed by atoms with E-state index in [1.54, 1.807) is 0 Å². The van der Waals surface area contributed by atoms with Crippen molar-refractivity contribution in [2.75, 3.05) is 13.1 Å². The second-order valence-corrected chi connectivity index (χ2v) is 5.68. The Bertz CT molecular complexity index is 376. The maximum atomic E-state index is 11.8. The van der Waals surface area contributed by atoms with Crippen molar-refractivity contribution in [1.29, 1.82) is 0 Å². The Hall–Kier alpha value is -1.35. The average molecular weight is 276 g/mol. The summed E-state index contributed by atoms with van der Waals surface area (Å²) in [7, 11) is 0. The second kappa shape index (κ2) is 9.54. The first kappa shape index (κ1) is 16.7. The number of hydrogen-bond acceptors (Lipinski definition) is 2. The number of nitrogens with one attached hydrogen (secondary N) is 2. The van der Waals surface area contributed by atoms with E-state index in [-0.39, 0.29) is 11.9 Å². The molecular weight excluding hydrogens is 248 g/mol. The van der Waals surface area contributed by atoms with Gasteiger partial charge in [0.15, 0.2) is 0 Å². The van der Waals surface area contributed by atoms with Gasteiger partial charge in [-0.25, -0.2) is 0 Å². The van der Waals surface area contributed by atoms with E-state index in [4.69, 9.17) is 0 Å². The summed E-state index contributed by atoms with van der Waals surface area (Å²) < 4.78 is 0. The van der Waals surface area contributed by atoms with Crippen molar-refractivity contribution in [3.05, 3.63) is 35.9 Å². The Morgan fingerprint density at radius 1 is 1.20 bits per heavy atom. The van der Waals surface area contributed by atoms with E-state index in [1.165, 1.54) is 18.4 Å². The Kier molecular flexibility index (Phi) is 7.97. The van der Waals surface area contributed by atoms with Gasteiger partial charge in [0.25, 0.3) is 0 Å². The summed E-state index contributed by atoms with van der Waals surface area (Å²) in [6.45, 7) is 7.52. The summed E-state index contributed by atoms with van der Waals surface area (Å²) in [5, 5.41) is 6.33. The Balaban J connectivity index is 2.47. The highest BCUT2D eigenvalue weighted by Crippen LogP contribution is 2.18. The summed E-state index contributed by atoms with van der Waals surface area (Å²) in [5.41, 5.74) is 1.26. The monoisotopic (exact) mass is 276 g/mol. The third-order valence-corrected chi connectivity index (χ3v) is 3.26. The lowest BCUT2D eigenvalue weighted by atomic mass is 10.0. The fraction of sp³-hybridized carbons (Fsp3) is 0.588. The van der Waals surface area contributed by atoms with Crippen LogP contribution in [-0.2, 0) is 4.79 Å². The smallest absolute Gasteiger partial charge is 0.233 e. The standard InChI is InChI=1S/C17H28N2O/c1-4-5-11-16(15-9-7-6-8-10-15)18-13-17(20)19-12-14(2)3/h6-10,14,16,18H,4-5,11-13H2,1-3H3,(H,19,20). The molecule has 1 unspecified atom stereocenters. The molecule has 0 aliphatic heterocycles. The van der Waals surface area contributed by atoms with E-state index in [0.717, 1.165) is 13.0 Å². The molecule has 0 aromatic heterocycles. The van der Waals surface area contributed by atoms with Crippen LogP contribution >= 0.6 is 0 Å². The molecule has 0 fully saturated rings. The van der Waals surface area contributed by atoms with Gasteiger partial charge < -0.3 is 10.6 Å². The molecule has 0 saturated heterocycles. The van der Waals surface area contributed by atoms with Crippen LogP contribution in [0.3, 0.4) is 0 Å². The number of hydrogen-bond donors (Lipinski definition) is 2. The molecule has 0 aliphatic carbocycles. The number of benzene rings is 1. The van der Waals surface area contributed by atoms with Gasteiger partial charge in [-0.15, -0.1) is 0 Å². The number of carbonyl (C=O) groups excluding carboxylic acids is 1. The maximum absolute atomic E-state index is 11.8. The van der Waals surface area contributed by atoms with Gasteiger partial charge in [-0.1, -0.05) is 63.9 Å². The number of rotatable bonds is 9. The minimum atomic E-state index is 0.0797. The molecule has 0 spiro atoms. The first-order chi connectivity index (χ1) is 9.63. The normalized spacial score (nSPS) is 12.4. The molecule has 0 bridgehead atoms. The van der Waals surface area contributed by atoms with Gasteiger partial charge in [0.05, 0.1) is 6.54 Å². The molecule has 0 radical (unpaired) electrons. The maximum Gasteiger partial charge on any atom is 0.233 e. The molecule has 20 heavy (non-hydrogen) atoms. The topological polar surface area (TPSA) is 41.1 Å². The van der Waals surface area contributed by atoms with Gasteiger partial charge in [0.2, 0.25) is 5.91 Å². The van der Waals surface area contributed by atoms with Crippen LogP contribution in [0.25, 0.3) is 0 Å². The van der Waals surface area contributed by atoms with Gasteiger partial charge in [-0.2, -0.15) is 0 Å². The van der Waals surface area contributed by atoms with Gasteiger partial charge in [-0.05, 0) is 17.9 Å². The minimum Gasteiger partial charge on any atom is -0.355 e. The summed E-state index contributed by atoms with van der Waals surface area (Å²) in [4.78, 5) is 11.8. The van der Waals surface area contributed by atoms with Crippen molar-refractivity contribution >= 4 is 5.91 Å². The van der Waals surface area contributed by atoms with Crippen LogP contribution in [0.5, 0.6) is 0 Å². The molecule has 3 heteroatoms. The molecule has 1 aromatic rings. The van der Waals surface area contributed by atoms with Crippen molar-refractivity contribution in [3.8, 4) is 0 Å². The van der Waals surface area contributed by atoms with Gasteiger partial charge in [0.1, 0.15) is 0 Å². The number of carbonyl (C=O) groups is 1. The summed E-state index contributed by atoms with van der Waals surface area (Å²) >= 11 is 0. The Labute approximate surface area is 123 Å². The van der Waals surface area contributed by atoms with Crippen molar-refractivity contribution < 1.29 is 4.79 Å². The number of unbranched alkanes of at least 4 members (excludes halogenated alkanes) is 1. The van der Waals surface area contributed by atoms with Crippen LogP contribution in [0.15, 0.2) is 30.3 Å². The lowest BCUT2D eigenvalue weighted by Gasteiger charge is -2.19. The predicted octanol–water partition coefficient (Wildman–Crippen LogP) is 3.28. The fourth-order valence-electron chi connectivity index (χ4n) is 2.08. The van der Waals surface area contributed by atoms with E-state index in [0.29, 0.717) is 12.5 Å². The molecular formula is C17H28N2O. The van der Waals surface area contributed by atoms with E-state index in [9.17, 15) is 4.79 Å². The quantitative estimate of drug-likeness (QED) is 0.726. The second-order valence-electron chi connectivity index (χ2n) is 5.68. The summed E-state index contributed by atoms with van der Waals surface area (Å²) in [5.74, 6) is 0.570. The van der Waals surface area contributed by atoms with E-state index in [1.807, 2.05) is 6.07 Å². The lowest BCUT2D eigenvalue weighted by Crippen LogP contribution is -2.37. The fourth-order valence-corrected chi connectivity index (χ4v) is 2.08. The van der Waals surface area contributed by atoms with Crippen LogP contribution in [0, 0.1) is 5.92 Å². The Morgan fingerprint density at radius 2 is 1.90 bits per heavy atom. The molecule has 1 atom stereocenters. The van der Waals surface area contributed by atoms with E-state index >= 15 is 0 Å². The molecule has 0 heterocycles. The Morgan fingerprint density at radius 3 is 2.50 bits per heavy atom. The highest BCUT2D eigenvalue weighted by Gasteiger charge is 2.12. The number of amides is 1. The summed E-state index contributed by atoms with van der Waals surface area (Å²) in [6.07, 6.45) is 3.41. The highest BCUT2D eigenvalue weighted by atomic mass is 16.1. The van der Waals surface area contributed by atoms with Crippen LogP contribution in [0.2, 0.25) is 0 Å². The van der Waals surface area contributed by atoms with E-state index < -0.39 is 0 Å². The molecule has 112 valence electrons.